The van der Waals surface area contributed by atoms with Gasteiger partial charge in [-0.3, -0.25) is 9.59 Å². The van der Waals surface area contributed by atoms with Gasteiger partial charge in [0.1, 0.15) is 6.04 Å². The maximum absolute atomic E-state index is 12.3. The van der Waals surface area contributed by atoms with E-state index in [9.17, 15) is 19.2 Å². The molecule has 0 aliphatic heterocycles. The van der Waals surface area contributed by atoms with E-state index >= 15 is 0 Å². The van der Waals surface area contributed by atoms with Crippen molar-refractivity contribution >= 4 is 23.8 Å². The van der Waals surface area contributed by atoms with Crippen LogP contribution in [0.3, 0.4) is 0 Å². The quantitative estimate of drug-likeness (QED) is 0.576. The number of ether oxygens (including phenoxy) is 3. The molecule has 0 aliphatic rings. The van der Waals surface area contributed by atoms with E-state index in [1.807, 2.05) is 0 Å². The van der Waals surface area contributed by atoms with Gasteiger partial charge in [-0.1, -0.05) is 6.07 Å². The summed E-state index contributed by atoms with van der Waals surface area (Å²) in [5, 5.41) is 2.47. The number of esters is 3. The number of carbonyl (C=O) groups excluding carboxylic acids is 4. The Kier molecular flexibility index (Phi) is 7.41. The lowest BCUT2D eigenvalue weighted by Crippen LogP contribution is -2.42. The molecule has 0 aromatic heterocycles. The fourth-order valence-corrected chi connectivity index (χ4v) is 1.90. The highest BCUT2D eigenvalue weighted by molar-refractivity contribution is 5.99. The van der Waals surface area contributed by atoms with Gasteiger partial charge in [0.15, 0.2) is 0 Å². The van der Waals surface area contributed by atoms with E-state index < -0.39 is 29.9 Å². The van der Waals surface area contributed by atoms with Gasteiger partial charge in [-0.15, -0.1) is 0 Å². The van der Waals surface area contributed by atoms with Crippen LogP contribution in [0.15, 0.2) is 24.3 Å². The van der Waals surface area contributed by atoms with Crippen molar-refractivity contribution in [2.75, 3.05) is 21.3 Å². The van der Waals surface area contributed by atoms with Crippen molar-refractivity contribution in [2.24, 2.45) is 0 Å². The first kappa shape index (κ1) is 19.1. The Morgan fingerprint density at radius 2 is 1.67 bits per heavy atom. The van der Waals surface area contributed by atoms with Crippen LogP contribution in [-0.2, 0) is 23.8 Å². The van der Waals surface area contributed by atoms with Gasteiger partial charge in [-0.25, -0.2) is 9.59 Å². The second-order valence-electron chi connectivity index (χ2n) is 4.74. The Bertz CT molecular complexity index is 627. The molecular formula is C16H19NO7. The summed E-state index contributed by atoms with van der Waals surface area (Å²) in [4.78, 5) is 46.7. The SMILES string of the molecule is COC(=O)CC[C@H](NC(=O)c1cccc(C(=O)OC)c1)C(=O)OC. The summed E-state index contributed by atoms with van der Waals surface area (Å²) in [7, 11) is 3.64. The monoisotopic (exact) mass is 337 g/mol. The Morgan fingerprint density at radius 1 is 1.00 bits per heavy atom. The standard InChI is InChI=1S/C16H19NO7/c1-22-13(18)8-7-12(16(21)24-3)17-14(19)10-5-4-6-11(9-10)15(20)23-2/h4-6,9,12H,7-8H2,1-3H3,(H,17,19)/t12-/m0/s1. The molecule has 1 aromatic rings. The van der Waals surface area contributed by atoms with Gasteiger partial charge in [-0.2, -0.15) is 0 Å². The van der Waals surface area contributed by atoms with Crippen LogP contribution in [0.4, 0.5) is 0 Å². The maximum Gasteiger partial charge on any atom is 0.337 e. The Labute approximate surface area is 139 Å². The number of hydrogen-bond donors (Lipinski definition) is 1. The van der Waals surface area contributed by atoms with E-state index in [0.717, 1.165) is 0 Å². The smallest absolute Gasteiger partial charge is 0.337 e. The van der Waals surface area contributed by atoms with Crippen LogP contribution in [0, 0.1) is 0 Å². The molecule has 24 heavy (non-hydrogen) atoms. The number of amides is 1. The summed E-state index contributed by atoms with van der Waals surface area (Å²) >= 11 is 0. The van der Waals surface area contributed by atoms with Crippen LogP contribution in [0.1, 0.15) is 33.6 Å². The number of hydrogen-bond acceptors (Lipinski definition) is 7. The molecule has 8 heteroatoms. The van der Waals surface area contributed by atoms with Crippen LogP contribution in [-0.4, -0.2) is 51.2 Å². The number of methoxy groups -OCH3 is 3. The Morgan fingerprint density at radius 3 is 2.25 bits per heavy atom. The van der Waals surface area contributed by atoms with Gasteiger partial charge in [0.05, 0.1) is 26.9 Å². The zero-order valence-corrected chi connectivity index (χ0v) is 13.7. The molecule has 1 amide bonds. The van der Waals surface area contributed by atoms with E-state index in [2.05, 4.69) is 19.5 Å². The van der Waals surface area contributed by atoms with E-state index in [1.165, 1.54) is 45.6 Å². The fraction of sp³-hybridized carbons (Fsp3) is 0.375. The fourth-order valence-electron chi connectivity index (χ4n) is 1.90. The highest BCUT2D eigenvalue weighted by atomic mass is 16.5. The summed E-state index contributed by atoms with van der Waals surface area (Å²) in [5.41, 5.74) is 0.374. The lowest BCUT2D eigenvalue weighted by Gasteiger charge is -2.16. The summed E-state index contributed by atoms with van der Waals surface area (Å²) < 4.78 is 13.7. The molecule has 0 saturated carbocycles. The van der Waals surface area contributed by atoms with Crippen molar-refractivity contribution in [3.8, 4) is 0 Å². The molecule has 0 saturated heterocycles. The normalized spacial score (nSPS) is 11.1. The van der Waals surface area contributed by atoms with E-state index in [1.54, 1.807) is 0 Å². The van der Waals surface area contributed by atoms with Crippen molar-refractivity contribution in [3.63, 3.8) is 0 Å². The molecule has 1 atom stereocenters. The topological polar surface area (TPSA) is 108 Å². The third-order valence-electron chi connectivity index (χ3n) is 3.20. The molecule has 1 rings (SSSR count). The van der Waals surface area contributed by atoms with Crippen LogP contribution in [0.2, 0.25) is 0 Å². The van der Waals surface area contributed by atoms with Gasteiger partial charge in [0.25, 0.3) is 5.91 Å². The predicted octanol–water partition coefficient (Wildman–Crippen LogP) is 0.698. The first-order valence-electron chi connectivity index (χ1n) is 7.06. The molecule has 0 fully saturated rings. The van der Waals surface area contributed by atoms with Gasteiger partial charge in [0, 0.05) is 12.0 Å². The minimum atomic E-state index is -1.01. The molecule has 0 heterocycles. The number of carbonyl (C=O) groups is 4. The summed E-state index contributed by atoms with van der Waals surface area (Å²) in [6, 6.07) is 4.83. The van der Waals surface area contributed by atoms with Crippen molar-refractivity contribution in [3.05, 3.63) is 35.4 Å². The molecule has 0 radical (unpaired) electrons. The van der Waals surface area contributed by atoms with E-state index in [0.29, 0.717) is 0 Å². The van der Waals surface area contributed by atoms with Gasteiger partial charge in [-0.05, 0) is 24.6 Å². The minimum absolute atomic E-state index is 0.0295. The first-order chi connectivity index (χ1) is 11.4. The maximum atomic E-state index is 12.3. The van der Waals surface area contributed by atoms with Crippen LogP contribution in [0.5, 0.6) is 0 Å². The Hall–Kier alpha value is -2.90. The summed E-state index contributed by atoms with van der Waals surface area (Å²) in [5.74, 6) is -2.36. The number of nitrogens with one attached hydrogen (secondary N) is 1. The average Bonchev–Trinajstić information content (AvgIpc) is 2.63. The summed E-state index contributed by atoms with van der Waals surface area (Å²) in [6.07, 6.45) is -0.0273. The number of benzene rings is 1. The molecule has 0 spiro atoms. The van der Waals surface area contributed by atoms with E-state index in [4.69, 9.17) is 0 Å². The van der Waals surface area contributed by atoms with Gasteiger partial charge < -0.3 is 19.5 Å². The zero-order chi connectivity index (χ0) is 18.1. The van der Waals surface area contributed by atoms with E-state index in [-0.39, 0.29) is 24.0 Å². The molecule has 0 bridgehead atoms. The summed E-state index contributed by atoms with van der Waals surface area (Å²) in [6.45, 7) is 0. The molecule has 1 N–H and O–H groups in total. The second-order valence-corrected chi connectivity index (χ2v) is 4.74. The molecule has 0 aliphatic carbocycles. The Balaban J connectivity index is 2.85. The van der Waals surface area contributed by atoms with Crippen LogP contribution < -0.4 is 5.32 Å². The van der Waals surface area contributed by atoms with Crippen molar-refractivity contribution in [1.29, 1.82) is 0 Å². The first-order valence-corrected chi connectivity index (χ1v) is 7.06. The van der Waals surface area contributed by atoms with Crippen LogP contribution >= 0.6 is 0 Å². The number of rotatable bonds is 7. The largest absolute Gasteiger partial charge is 0.469 e. The van der Waals surface area contributed by atoms with Crippen molar-refractivity contribution in [1.82, 2.24) is 5.32 Å². The van der Waals surface area contributed by atoms with Gasteiger partial charge >= 0.3 is 17.9 Å². The highest BCUT2D eigenvalue weighted by Crippen LogP contribution is 2.09. The molecule has 130 valence electrons. The zero-order valence-electron chi connectivity index (χ0n) is 13.7. The molecule has 8 nitrogen and oxygen atoms in total. The second kappa shape index (κ2) is 9.29. The lowest BCUT2D eigenvalue weighted by atomic mass is 10.1. The molecule has 0 unspecified atom stereocenters. The third kappa shape index (κ3) is 5.38. The van der Waals surface area contributed by atoms with Crippen molar-refractivity contribution < 1.29 is 33.4 Å². The third-order valence-corrected chi connectivity index (χ3v) is 3.20. The minimum Gasteiger partial charge on any atom is -0.469 e. The van der Waals surface area contributed by atoms with Gasteiger partial charge in [0.2, 0.25) is 0 Å². The predicted molar refractivity (Wildman–Crippen MR) is 82.3 cm³/mol. The van der Waals surface area contributed by atoms with Crippen LogP contribution in [0.25, 0.3) is 0 Å². The molecular weight excluding hydrogens is 318 g/mol. The highest BCUT2D eigenvalue weighted by Gasteiger charge is 2.23. The van der Waals surface area contributed by atoms with Crippen molar-refractivity contribution in [2.45, 2.75) is 18.9 Å². The molecule has 1 aromatic carbocycles. The average molecular weight is 337 g/mol. The lowest BCUT2D eigenvalue weighted by molar-refractivity contribution is -0.144.